The molecule has 0 aliphatic rings. The number of hydrogen-bond acceptors (Lipinski definition) is 5. The molecule has 7 heteroatoms. The van der Waals surface area contributed by atoms with Crippen molar-refractivity contribution in [1.82, 2.24) is 20.2 Å². The van der Waals surface area contributed by atoms with E-state index in [-0.39, 0.29) is 6.54 Å². The smallest absolute Gasteiger partial charge is 0.323 e. The van der Waals surface area contributed by atoms with E-state index in [9.17, 15) is 4.79 Å². The molecule has 2 N–H and O–H groups in total. The van der Waals surface area contributed by atoms with Crippen molar-refractivity contribution in [3.05, 3.63) is 12.5 Å². The Hall–Kier alpha value is -2.18. The third kappa shape index (κ3) is 2.32. The fraction of sp³-hybridized carbons (Fsp3) is 0.400. The molecule has 2 aromatic heterocycles. The van der Waals surface area contributed by atoms with Crippen LogP contribution >= 0.6 is 0 Å². The highest BCUT2D eigenvalue weighted by Crippen LogP contribution is 2.20. The molecule has 7 nitrogen and oxygen atoms in total. The molecule has 0 saturated heterocycles. The first-order chi connectivity index (χ1) is 8.22. The van der Waals surface area contributed by atoms with E-state index in [2.05, 4.69) is 20.2 Å². The fourth-order valence-corrected chi connectivity index (χ4v) is 1.70. The van der Waals surface area contributed by atoms with Crippen molar-refractivity contribution < 1.29 is 9.90 Å². The molecule has 90 valence electrons. The average molecular weight is 235 g/mol. The molecule has 0 spiro atoms. The minimum atomic E-state index is -0.881. The van der Waals surface area contributed by atoms with Gasteiger partial charge in [0.15, 0.2) is 5.65 Å². The predicted molar refractivity (Wildman–Crippen MR) is 61.8 cm³/mol. The number of rotatable bonds is 5. The fourth-order valence-electron chi connectivity index (χ4n) is 1.70. The first-order valence-electron chi connectivity index (χ1n) is 5.33. The number of hydrogen-bond donors (Lipinski definition) is 2. The van der Waals surface area contributed by atoms with Gasteiger partial charge in [0.2, 0.25) is 0 Å². The summed E-state index contributed by atoms with van der Waals surface area (Å²) in [6.45, 7) is 2.54. The van der Waals surface area contributed by atoms with Gasteiger partial charge in [-0.3, -0.25) is 9.89 Å². The van der Waals surface area contributed by atoms with Gasteiger partial charge in [-0.25, -0.2) is 9.97 Å². The minimum absolute atomic E-state index is 0.0782. The minimum Gasteiger partial charge on any atom is -0.480 e. The summed E-state index contributed by atoms with van der Waals surface area (Å²) in [7, 11) is 0. The molecule has 0 saturated carbocycles. The number of H-pyrrole nitrogens is 1. The van der Waals surface area contributed by atoms with E-state index in [1.54, 1.807) is 11.1 Å². The van der Waals surface area contributed by atoms with Crippen molar-refractivity contribution in [2.75, 3.05) is 18.0 Å². The van der Waals surface area contributed by atoms with Gasteiger partial charge < -0.3 is 10.0 Å². The number of fused-ring (bicyclic) bond motifs is 1. The second-order valence-corrected chi connectivity index (χ2v) is 3.64. The van der Waals surface area contributed by atoms with Gasteiger partial charge in [-0.15, -0.1) is 0 Å². The second-order valence-electron chi connectivity index (χ2n) is 3.64. The van der Waals surface area contributed by atoms with Crippen molar-refractivity contribution in [1.29, 1.82) is 0 Å². The third-order valence-corrected chi connectivity index (χ3v) is 2.35. The first kappa shape index (κ1) is 11.3. The molecule has 0 fully saturated rings. The van der Waals surface area contributed by atoms with E-state index in [0.29, 0.717) is 18.0 Å². The molecule has 0 amide bonds. The van der Waals surface area contributed by atoms with Gasteiger partial charge >= 0.3 is 5.97 Å². The number of carboxylic acid groups (broad SMARTS) is 1. The molecule has 0 radical (unpaired) electrons. The van der Waals surface area contributed by atoms with E-state index in [4.69, 9.17) is 5.11 Å². The van der Waals surface area contributed by atoms with Crippen LogP contribution in [0.5, 0.6) is 0 Å². The van der Waals surface area contributed by atoms with E-state index >= 15 is 0 Å². The van der Waals surface area contributed by atoms with Crippen LogP contribution in [0.3, 0.4) is 0 Å². The van der Waals surface area contributed by atoms with Crippen LogP contribution in [0.2, 0.25) is 0 Å². The number of carboxylic acids is 1. The highest BCUT2D eigenvalue weighted by molar-refractivity contribution is 5.87. The third-order valence-electron chi connectivity index (χ3n) is 2.35. The summed E-state index contributed by atoms with van der Waals surface area (Å²) in [5.41, 5.74) is 0.612. The van der Waals surface area contributed by atoms with Gasteiger partial charge in [-0.1, -0.05) is 6.92 Å². The molecule has 2 aromatic rings. The summed E-state index contributed by atoms with van der Waals surface area (Å²) in [5, 5.41) is 16.2. The van der Waals surface area contributed by atoms with E-state index in [1.807, 2.05) is 6.92 Å². The van der Waals surface area contributed by atoms with Crippen molar-refractivity contribution in [3.63, 3.8) is 0 Å². The molecule has 2 heterocycles. The number of nitrogens with zero attached hydrogens (tertiary/aromatic N) is 4. The topological polar surface area (TPSA) is 95.0 Å². The maximum Gasteiger partial charge on any atom is 0.323 e. The highest BCUT2D eigenvalue weighted by Gasteiger charge is 2.15. The van der Waals surface area contributed by atoms with Crippen LogP contribution in [-0.2, 0) is 4.79 Å². The summed E-state index contributed by atoms with van der Waals surface area (Å²) in [6.07, 6.45) is 3.85. The van der Waals surface area contributed by atoms with Crippen molar-refractivity contribution in [2.24, 2.45) is 0 Å². The Morgan fingerprint density at radius 3 is 3.06 bits per heavy atom. The molecule has 0 unspecified atom stereocenters. The number of aromatic nitrogens is 4. The second kappa shape index (κ2) is 4.77. The maximum atomic E-state index is 10.8. The van der Waals surface area contributed by atoms with Crippen LogP contribution < -0.4 is 4.90 Å². The quantitative estimate of drug-likeness (QED) is 0.790. The Morgan fingerprint density at radius 1 is 1.53 bits per heavy atom. The normalized spacial score (nSPS) is 10.6. The zero-order valence-electron chi connectivity index (χ0n) is 9.42. The SMILES string of the molecule is CCCN(CC(=O)O)c1ncnc2[nH]ncc12. The monoisotopic (exact) mass is 235 g/mol. The molecule has 0 aliphatic heterocycles. The van der Waals surface area contributed by atoms with Crippen LogP contribution in [0, 0.1) is 0 Å². The van der Waals surface area contributed by atoms with Crippen LogP contribution in [0.4, 0.5) is 5.82 Å². The Kier molecular flexibility index (Phi) is 3.17. The Bertz CT molecular complexity index is 524. The largest absolute Gasteiger partial charge is 0.480 e. The van der Waals surface area contributed by atoms with Gasteiger partial charge in [0.05, 0.1) is 11.6 Å². The molecule has 0 aromatic carbocycles. The van der Waals surface area contributed by atoms with E-state index in [0.717, 1.165) is 11.8 Å². The predicted octanol–water partition coefficient (Wildman–Crippen LogP) is 0.654. The molecule has 0 atom stereocenters. The maximum absolute atomic E-state index is 10.8. The number of carbonyl (C=O) groups is 1. The summed E-state index contributed by atoms with van der Waals surface area (Å²) in [5.74, 6) is -0.276. The lowest BCUT2D eigenvalue weighted by Crippen LogP contribution is -2.31. The van der Waals surface area contributed by atoms with Gasteiger partial charge in [0.25, 0.3) is 0 Å². The number of nitrogens with one attached hydrogen (secondary N) is 1. The van der Waals surface area contributed by atoms with Gasteiger partial charge in [-0.05, 0) is 6.42 Å². The average Bonchev–Trinajstić information content (AvgIpc) is 2.75. The highest BCUT2D eigenvalue weighted by atomic mass is 16.4. The zero-order chi connectivity index (χ0) is 12.3. The summed E-state index contributed by atoms with van der Waals surface area (Å²) in [4.78, 5) is 20.7. The molecular formula is C10H13N5O2. The molecule has 17 heavy (non-hydrogen) atoms. The van der Waals surface area contributed by atoms with Crippen molar-refractivity contribution in [3.8, 4) is 0 Å². The van der Waals surface area contributed by atoms with E-state index in [1.165, 1.54) is 6.33 Å². The van der Waals surface area contributed by atoms with Crippen LogP contribution in [0.1, 0.15) is 13.3 Å². The van der Waals surface area contributed by atoms with E-state index < -0.39 is 5.97 Å². The zero-order valence-corrected chi connectivity index (χ0v) is 9.42. The lowest BCUT2D eigenvalue weighted by atomic mass is 10.3. The molecular weight excluding hydrogens is 222 g/mol. The van der Waals surface area contributed by atoms with Gasteiger partial charge in [0, 0.05) is 6.54 Å². The summed E-state index contributed by atoms with van der Waals surface area (Å²) < 4.78 is 0. The van der Waals surface area contributed by atoms with Crippen molar-refractivity contribution >= 4 is 22.8 Å². The van der Waals surface area contributed by atoms with Gasteiger partial charge in [-0.2, -0.15) is 5.10 Å². The number of aromatic amines is 1. The van der Waals surface area contributed by atoms with Crippen LogP contribution in [0.25, 0.3) is 11.0 Å². The first-order valence-corrected chi connectivity index (χ1v) is 5.33. The lowest BCUT2D eigenvalue weighted by molar-refractivity contribution is -0.135. The summed E-state index contributed by atoms with van der Waals surface area (Å²) in [6, 6.07) is 0. The van der Waals surface area contributed by atoms with Crippen LogP contribution in [-0.4, -0.2) is 44.3 Å². The lowest BCUT2D eigenvalue weighted by Gasteiger charge is -2.21. The van der Waals surface area contributed by atoms with Crippen LogP contribution in [0.15, 0.2) is 12.5 Å². The Morgan fingerprint density at radius 2 is 2.35 bits per heavy atom. The van der Waals surface area contributed by atoms with Gasteiger partial charge in [0.1, 0.15) is 18.7 Å². The number of anilines is 1. The Labute approximate surface area is 97.5 Å². The summed E-state index contributed by atoms with van der Waals surface area (Å²) >= 11 is 0. The number of aliphatic carboxylic acids is 1. The molecule has 0 aliphatic carbocycles. The van der Waals surface area contributed by atoms with Crippen molar-refractivity contribution in [2.45, 2.75) is 13.3 Å². The molecule has 0 bridgehead atoms. The molecule has 2 rings (SSSR count). The standard InChI is InChI=1S/C10H13N5O2/c1-2-3-15(5-8(16)17)10-7-4-13-14-9(7)11-6-12-10/h4,6H,2-3,5H2,1H3,(H,16,17)(H,11,12,13,14). The Balaban J connectivity index is 2.40.